The summed E-state index contributed by atoms with van der Waals surface area (Å²) < 4.78 is 0. The highest BCUT2D eigenvalue weighted by atomic mass is 32.1. The van der Waals surface area contributed by atoms with Crippen LogP contribution in [-0.2, 0) is 0 Å². The van der Waals surface area contributed by atoms with Crippen molar-refractivity contribution in [1.82, 2.24) is 4.98 Å². The molecule has 72 valence electrons. The van der Waals surface area contributed by atoms with Gasteiger partial charge in [0, 0.05) is 6.92 Å². The van der Waals surface area contributed by atoms with Crippen LogP contribution in [0, 0.1) is 0 Å². The first-order valence-corrected chi connectivity index (χ1v) is 5.62. The van der Waals surface area contributed by atoms with Crippen LogP contribution in [-0.4, -0.2) is 15.9 Å². The molecule has 0 saturated heterocycles. The second kappa shape index (κ2) is 3.51. The minimum atomic E-state index is -0.161. The second-order valence-electron chi connectivity index (χ2n) is 2.71. The summed E-state index contributed by atoms with van der Waals surface area (Å²) in [5.41, 5.74) is 0. The van der Waals surface area contributed by atoms with E-state index >= 15 is 0 Å². The Kier molecular flexibility index (Phi) is 2.35. The molecule has 0 aromatic carbocycles. The lowest BCUT2D eigenvalue weighted by molar-refractivity contribution is 0.101. The lowest BCUT2D eigenvalue weighted by Gasteiger charge is -1.85. The van der Waals surface area contributed by atoms with E-state index in [1.54, 1.807) is 0 Å². The van der Waals surface area contributed by atoms with E-state index in [4.69, 9.17) is 0 Å². The number of Topliss-reactive ketones (excluding diaryl/α,β-unsaturated/α-hetero) is 1. The van der Waals surface area contributed by atoms with Gasteiger partial charge in [-0.1, -0.05) is 6.07 Å². The zero-order chi connectivity index (χ0) is 10.1. The van der Waals surface area contributed by atoms with Crippen LogP contribution in [0.25, 0.3) is 9.88 Å². The standard InChI is InChI=1S/C9H7NO2S2/c1-5(11)7-8(12)10-9(14-7)6-3-2-4-13-6/h2-4,12H,1H3. The Morgan fingerprint density at radius 1 is 1.57 bits per heavy atom. The smallest absolute Gasteiger partial charge is 0.233 e. The van der Waals surface area contributed by atoms with Gasteiger partial charge >= 0.3 is 0 Å². The summed E-state index contributed by atoms with van der Waals surface area (Å²) in [7, 11) is 0. The van der Waals surface area contributed by atoms with E-state index < -0.39 is 0 Å². The number of hydrogen-bond acceptors (Lipinski definition) is 5. The zero-order valence-electron chi connectivity index (χ0n) is 7.35. The number of aromatic nitrogens is 1. The number of carbonyl (C=O) groups excluding carboxylic acids is 1. The fraction of sp³-hybridized carbons (Fsp3) is 0.111. The molecule has 2 heterocycles. The predicted molar refractivity (Wildman–Crippen MR) is 57.1 cm³/mol. The molecule has 2 aromatic heterocycles. The lowest BCUT2D eigenvalue weighted by Crippen LogP contribution is -1.85. The highest BCUT2D eigenvalue weighted by Crippen LogP contribution is 2.34. The maximum absolute atomic E-state index is 11.1. The summed E-state index contributed by atoms with van der Waals surface area (Å²) in [6.45, 7) is 1.42. The van der Waals surface area contributed by atoms with E-state index in [-0.39, 0.29) is 11.7 Å². The van der Waals surface area contributed by atoms with Gasteiger partial charge in [0.25, 0.3) is 0 Å². The molecule has 0 aliphatic carbocycles. The summed E-state index contributed by atoms with van der Waals surface area (Å²) in [6.07, 6.45) is 0. The minimum absolute atomic E-state index is 0.150. The first-order valence-electron chi connectivity index (χ1n) is 3.93. The molecule has 14 heavy (non-hydrogen) atoms. The van der Waals surface area contributed by atoms with Gasteiger partial charge in [0.2, 0.25) is 5.88 Å². The van der Waals surface area contributed by atoms with Gasteiger partial charge in [-0.05, 0) is 11.4 Å². The Balaban J connectivity index is 2.48. The third-order valence-corrected chi connectivity index (χ3v) is 3.85. The van der Waals surface area contributed by atoms with E-state index in [9.17, 15) is 9.90 Å². The number of thiophene rings is 1. The Bertz CT molecular complexity index is 459. The molecule has 3 nitrogen and oxygen atoms in total. The van der Waals surface area contributed by atoms with Crippen molar-refractivity contribution in [2.24, 2.45) is 0 Å². The maximum Gasteiger partial charge on any atom is 0.233 e. The molecule has 0 aliphatic rings. The molecule has 1 N–H and O–H groups in total. The quantitative estimate of drug-likeness (QED) is 0.799. The zero-order valence-corrected chi connectivity index (χ0v) is 8.98. The normalized spacial score (nSPS) is 10.4. The Morgan fingerprint density at radius 2 is 2.36 bits per heavy atom. The third kappa shape index (κ3) is 1.56. The summed E-state index contributed by atoms with van der Waals surface area (Å²) in [4.78, 5) is 16.3. The number of hydrogen-bond donors (Lipinski definition) is 1. The number of rotatable bonds is 2. The van der Waals surface area contributed by atoms with Crippen molar-refractivity contribution in [2.45, 2.75) is 6.92 Å². The highest BCUT2D eigenvalue weighted by Gasteiger charge is 2.15. The van der Waals surface area contributed by atoms with E-state index in [2.05, 4.69) is 4.98 Å². The van der Waals surface area contributed by atoms with Crippen molar-refractivity contribution in [3.05, 3.63) is 22.4 Å². The predicted octanol–water partition coefficient (Wildman–Crippen LogP) is 2.78. The fourth-order valence-corrected chi connectivity index (χ4v) is 2.70. The van der Waals surface area contributed by atoms with Crippen molar-refractivity contribution in [3.63, 3.8) is 0 Å². The van der Waals surface area contributed by atoms with Crippen LogP contribution < -0.4 is 0 Å². The number of thiazole rings is 1. The molecule has 0 aliphatic heterocycles. The largest absolute Gasteiger partial charge is 0.492 e. The van der Waals surface area contributed by atoms with Crippen molar-refractivity contribution >= 4 is 28.5 Å². The summed E-state index contributed by atoms with van der Waals surface area (Å²) in [6, 6.07) is 3.82. The molecule has 0 atom stereocenters. The molecule has 5 heteroatoms. The summed E-state index contributed by atoms with van der Waals surface area (Å²) in [5, 5.41) is 12.0. The maximum atomic E-state index is 11.1. The second-order valence-corrected chi connectivity index (χ2v) is 4.65. The molecule has 2 rings (SSSR count). The fourth-order valence-electron chi connectivity index (χ4n) is 1.05. The SMILES string of the molecule is CC(=O)c1sc(-c2cccs2)nc1O. The van der Waals surface area contributed by atoms with Gasteiger partial charge in [-0.3, -0.25) is 4.79 Å². The summed E-state index contributed by atoms with van der Waals surface area (Å²) >= 11 is 2.76. The van der Waals surface area contributed by atoms with Crippen molar-refractivity contribution in [1.29, 1.82) is 0 Å². The van der Waals surface area contributed by atoms with Crippen molar-refractivity contribution in [2.75, 3.05) is 0 Å². The molecule has 0 fully saturated rings. The number of nitrogens with zero attached hydrogens (tertiary/aromatic N) is 1. The average molecular weight is 225 g/mol. The molecule has 0 saturated carbocycles. The van der Waals surface area contributed by atoms with E-state index in [0.29, 0.717) is 9.88 Å². The van der Waals surface area contributed by atoms with Crippen molar-refractivity contribution in [3.8, 4) is 15.8 Å². The highest BCUT2D eigenvalue weighted by molar-refractivity contribution is 7.22. The molecular weight excluding hydrogens is 218 g/mol. The number of aromatic hydroxyl groups is 1. The van der Waals surface area contributed by atoms with Crippen molar-refractivity contribution < 1.29 is 9.90 Å². The van der Waals surface area contributed by atoms with Gasteiger partial charge in [-0.15, -0.1) is 22.7 Å². The Morgan fingerprint density at radius 3 is 2.86 bits per heavy atom. The topological polar surface area (TPSA) is 50.2 Å². The van der Waals surface area contributed by atoms with Crippen LogP contribution in [0.4, 0.5) is 0 Å². The summed E-state index contributed by atoms with van der Waals surface area (Å²) in [5.74, 6) is -0.311. The van der Waals surface area contributed by atoms with Crippen LogP contribution in [0.2, 0.25) is 0 Å². The molecule has 0 spiro atoms. The molecule has 0 bridgehead atoms. The third-order valence-electron chi connectivity index (χ3n) is 1.66. The monoisotopic (exact) mass is 225 g/mol. The molecule has 0 radical (unpaired) electrons. The first kappa shape index (κ1) is 9.36. The first-order chi connectivity index (χ1) is 6.68. The minimum Gasteiger partial charge on any atom is -0.492 e. The van der Waals surface area contributed by atoms with E-state index in [1.165, 1.54) is 29.6 Å². The molecular formula is C9H7NO2S2. The van der Waals surface area contributed by atoms with E-state index in [0.717, 1.165) is 4.88 Å². The van der Waals surface area contributed by atoms with Gasteiger partial charge in [-0.25, -0.2) is 4.98 Å². The molecule has 2 aromatic rings. The average Bonchev–Trinajstić information content (AvgIpc) is 2.70. The van der Waals surface area contributed by atoms with Crippen LogP contribution >= 0.6 is 22.7 Å². The Labute approximate surface area is 88.7 Å². The van der Waals surface area contributed by atoms with E-state index in [1.807, 2.05) is 17.5 Å². The van der Waals surface area contributed by atoms with Crippen LogP contribution in [0.1, 0.15) is 16.6 Å². The molecule has 0 unspecified atom stereocenters. The van der Waals surface area contributed by atoms with Crippen LogP contribution in [0.15, 0.2) is 17.5 Å². The van der Waals surface area contributed by atoms with Crippen LogP contribution in [0.3, 0.4) is 0 Å². The van der Waals surface area contributed by atoms with Crippen LogP contribution in [0.5, 0.6) is 5.88 Å². The van der Waals surface area contributed by atoms with Gasteiger partial charge in [0.05, 0.1) is 4.88 Å². The number of ketones is 1. The van der Waals surface area contributed by atoms with Gasteiger partial charge in [0.1, 0.15) is 9.88 Å². The Hall–Kier alpha value is -1.20. The van der Waals surface area contributed by atoms with Gasteiger partial charge in [0.15, 0.2) is 5.78 Å². The van der Waals surface area contributed by atoms with Gasteiger partial charge in [-0.2, -0.15) is 0 Å². The lowest BCUT2D eigenvalue weighted by atomic mass is 10.4. The number of carbonyl (C=O) groups is 1. The van der Waals surface area contributed by atoms with Gasteiger partial charge < -0.3 is 5.11 Å². The molecule has 0 amide bonds.